The zero-order chi connectivity index (χ0) is 19.4. The third kappa shape index (κ3) is 5.74. The quantitative estimate of drug-likeness (QED) is 0.539. The Bertz CT molecular complexity index is 679. The molecule has 1 rings (SSSR count). The molecular formula is C21H25NO3. The molecule has 0 atom stereocenters. The second kappa shape index (κ2) is 11.4. The second-order valence-electron chi connectivity index (χ2n) is 4.67. The van der Waals surface area contributed by atoms with Gasteiger partial charge >= 0.3 is 6.09 Å². The molecule has 1 amide bonds. The molecule has 0 bridgehead atoms. The zero-order valence-corrected chi connectivity index (χ0v) is 15.3. The SMILES string of the molecule is C#C.C=C(C(/C=C\C)=C/C)N(C(=C)c1ccc(OC)cc1)C(=O)OC. The number of allylic oxidation sites excluding steroid dienone is 3. The third-order valence-electron chi connectivity index (χ3n) is 3.31. The highest BCUT2D eigenvalue weighted by Gasteiger charge is 2.23. The van der Waals surface area contributed by atoms with E-state index in [1.165, 1.54) is 12.0 Å². The van der Waals surface area contributed by atoms with E-state index in [0.717, 1.165) is 16.9 Å². The fourth-order valence-electron chi connectivity index (χ4n) is 2.05. The van der Waals surface area contributed by atoms with Crippen molar-refractivity contribution in [2.45, 2.75) is 13.8 Å². The summed E-state index contributed by atoms with van der Waals surface area (Å²) in [6, 6.07) is 7.27. The maximum atomic E-state index is 12.2. The van der Waals surface area contributed by atoms with Crippen molar-refractivity contribution < 1.29 is 14.3 Å². The molecule has 0 unspecified atom stereocenters. The van der Waals surface area contributed by atoms with Gasteiger partial charge in [-0.3, -0.25) is 0 Å². The predicted octanol–water partition coefficient (Wildman–Crippen LogP) is 5.02. The minimum atomic E-state index is -0.542. The number of benzene rings is 1. The Hall–Kier alpha value is -3.19. The van der Waals surface area contributed by atoms with Gasteiger partial charge in [-0.15, -0.1) is 12.8 Å². The number of carbonyl (C=O) groups is 1. The lowest BCUT2D eigenvalue weighted by Gasteiger charge is -2.26. The van der Waals surface area contributed by atoms with E-state index >= 15 is 0 Å². The van der Waals surface area contributed by atoms with E-state index in [-0.39, 0.29) is 0 Å². The lowest BCUT2D eigenvalue weighted by molar-refractivity contribution is 0.152. The summed E-state index contributed by atoms with van der Waals surface area (Å²) in [4.78, 5) is 13.6. The van der Waals surface area contributed by atoms with Crippen LogP contribution in [0, 0.1) is 12.8 Å². The van der Waals surface area contributed by atoms with Crippen molar-refractivity contribution in [1.82, 2.24) is 4.90 Å². The first kappa shape index (κ1) is 21.8. The minimum absolute atomic E-state index is 0.480. The normalized spacial score (nSPS) is 10.4. The number of amides is 1. The van der Waals surface area contributed by atoms with Crippen molar-refractivity contribution in [2.24, 2.45) is 0 Å². The molecule has 0 saturated heterocycles. The highest BCUT2D eigenvalue weighted by molar-refractivity contribution is 5.84. The highest BCUT2D eigenvalue weighted by atomic mass is 16.5. The first-order chi connectivity index (χ1) is 12.0. The largest absolute Gasteiger partial charge is 0.497 e. The first-order valence-electron chi connectivity index (χ1n) is 7.53. The maximum Gasteiger partial charge on any atom is 0.418 e. The number of nitrogens with zero attached hydrogens (tertiary/aromatic N) is 1. The molecule has 4 heteroatoms. The summed E-state index contributed by atoms with van der Waals surface area (Å²) < 4.78 is 10.0. The topological polar surface area (TPSA) is 38.8 Å². The van der Waals surface area contributed by atoms with Crippen LogP contribution in [0.1, 0.15) is 19.4 Å². The molecule has 132 valence electrons. The molecule has 0 aliphatic heterocycles. The van der Waals surface area contributed by atoms with Crippen molar-refractivity contribution in [3.63, 3.8) is 0 Å². The molecule has 1 aromatic rings. The number of hydrogen-bond acceptors (Lipinski definition) is 3. The van der Waals surface area contributed by atoms with Crippen LogP contribution in [0.2, 0.25) is 0 Å². The van der Waals surface area contributed by atoms with E-state index < -0.39 is 6.09 Å². The molecule has 0 heterocycles. The van der Waals surface area contributed by atoms with E-state index in [4.69, 9.17) is 9.47 Å². The first-order valence-corrected chi connectivity index (χ1v) is 7.53. The average Bonchev–Trinajstić information content (AvgIpc) is 2.67. The van der Waals surface area contributed by atoms with Crippen molar-refractivity contribution in [2.75, 3.05) is 14.2 Å². The van der Waals surface area contributed by atoms with Crippen LogP contribution in [0.25, 0.3) is 5.70 Å². The molecular weight excluding hydrogens is 314 g/mol. The summed E-state index contributed by atoms with van der Waals surface area (Å²) in [7, 11) is 2.93. The van der Waals surface area contributed by atoms with Crippen molar-refractivity contribution in [1.29, 1.82) is 0 Å². The fraction of sp³-hybridized carbons (Fsp3) is 0.190. The number of terminal acetylenes is 1. The van der Waals surface area contributed by atoms with Gasteiger partial charge in [0.05, 0.1) is 25.6 Å². The number of rotatable bonds is 6. The molecule has 25 heavy (non-hydrogen) atoms. The Morgan fingerprint density at radius 3 is 2.08 bits per heavy atom. The molecule has 0 spiro atoms. The van der Waals surface area contributed by atoms with Crippen LogP contribution in [-0.4, -0.2) is 25.2 Å². The molecule has 0 radical (unpaired) electrons. The van der Waals surface area contributed by atoms with Crippen LogP contribution in [0.4, 0.5) is 4.79 Å². The molecule has 4 nitrogen and oxygen atoms in total. The van der Waals surface area contributed by atoms with Crippen molar-refractivity contribution in [3.8, 4) is 18.6 Å². The van der Waals surface area contributed by atoms with Gasteiger partial charge in [-0.1, -0.05) is 31.4 Å². The molecule has 0 aromatic heterocycles. The predicted molar refractivity (Wildman–Crippen MR) is 104 cm³/mol. The molecule has 1 aromatic carbocycles. The van der Waals surface area contributed by atoms with E-state index in [1.54, 1.807) is 19.2 Å². The van der Waals surface area contributed by atoms with Gasteiger partial charge in [0.25, 0.3) is 0 Å². The molecule has 0 N–H and O–H groups in total. The molecule has 0 aliphatic carbocycles. The second-order valence-corrected chi connectivity index (χ2v) is 4.67. The van der Waals surface area contributed by atoms with Gasteiger partial charge in [0.1, 0.15) is 5.75 Å². The Balaban J connectivity index is 0.00000277. The number of carbonyl (C=O) groups excluding carboxylic acids is 1. The zero-order valence-electron chi connectivity index (χ0n) is 15.3. The van der Waals surface area contributed by atoms with Gasteiger partial charge in [0.2, 0.25) is 0 Å². The van der Waals surface area contributed by atoms with Gasteiger partial charge in [-0.05, 0) is 49.2 Å². The van der Waals surface area contributed by atoms with Crippen LogP contribution in [0.5, 0.6) is 5.75 Å². The highest BCUT2D eigenvalue weighted by Crippen LogP contribution is 2.27. The van der Waals surface area contributed by atoms with E-state index in [0.29, 0.717) is 11.4 Å². The summed E-state index contributed by atoms with van der Waals surface area (Å²) in [5.41, 5.74) is 2.56. The lowest BCUT2D eigenvalue weighted by Crippen LogP contribution is -2.28. The van der Waals surface area contributed by atoms with Gasteiger partial charge in [-0.2, -0.15) is 0 Å². The van der Waals surface area contributed by atoms with E-state index in [9.17, 15) is 4.79 Å². The lowest BCUT2D eigenvalue weighted by atomic mass is 10.1. The van der Waals surface area contributed by atoms with Crippen LogP contribution in [-0.2, 0) is 4.74 Å². The van der Waals surface area contributed by atoms with Gasteiger partial charge in [0, 0.05) is 0 Å². The van der Waals surface area contributed by atoms with Crippen molar-refractivity contribution in [3.05, 3.63) is 72.5 Å². The van der Waals surface area contributed by atoms with Crippen molar-refractivity contribution >= 4 is 11.8 Å². The summed E-state index contributed by atoms with van der Waals surface area (Å²) in [5.74, 6) is 0.730. The average molecular weight is 339 g/mol. The monoisotopic (exact) mass is 339 g/mol. The van der Waals surface area contributed by atoms with Gasteiger partial charge < -0.3 is 9.47 Å². The molecule has 0 aliphatic rings. The van der Waals surface area contributed by atoms with E-state index in [2.05, 4.69) is 26.0 Å². The Morgan fingerprint density at radius 1 is 1.12 bits per heavy atom. The Morgan fingerprint density at radius 2 is 1.68 bits per heavy atom. The molecule has 0 saturated carbocycles. The summed E-state index contributed by atoms with van der Waals surface area (Å²) >= 11 is 0. The summed E-state index contributed by atoms with van der Waals surface area (Å²) in [5, 5.41) is 0. The summed E-state index contributed by atoms with van der Waals surface area (Å²) in [6.07, 6.45) is 13.1. The fourth-order valence-corrected chi connectivity index (χ4v) is 2.05. The van der Waals surface area contributed by atoms with Gasteiger partial charge in [0.15, 0.2) is 0 Å². The van der Waals surface area contributed by atoms with Crippen LogP contribution >= 0.6 is 0 Å². The summed E-state index contributed by atoms with van der Waals surface area (Å²) in [6.45, 7) is 11.8. The Kier molecular flexibility index (Phi) is 9.91. The van der Waals surface area contributed by atoms with Crippen LogP contribution in [0.15, 0.2) is 66.9 Å². The standard InChI is InChI=1S/C19H23NO3.C2H2/c1-7-9-16(8-2)14(3)20(19(21)23-6)15(4)17-10-12-18(22-5)13-11-17;1-2/h7-13H,3-4H2,1-2,5-6H3;1-2H/b9-7-,16-8+;. The molecule has 0 fully saturated rings. The van der Waals surface area contributed by atoms with Crippen LogP contribution < -0.4 is 4.74 Å². The number of hydrogen-bond donors (Lipinski definition) is 0. The van der Waals surface area contributed by atoms with E-state index in [1.807, 2.05) is 44.2 Å². The number of methoxy groups -OCH3 is 2. The van der Waals surface area contributed by atoms with Gasteiger partial charge in [-0.25, -0.2) is 9.69 Å². The number of ether oxygens (including phenoxy) is 2. The Labute approximate surface area is 150 Å². The third-order valence-corrected chi connectivity index (χ3v) is 3.31. The minimum Gasteiger partial charge on any atom is -0.497 e. The maximum absolute atomic E-state index is 12.2. The smallest absolute Gasteiger partial charge is 0.418 e. The van der Waals surface area contributed by atoms with Crippen LogP contribution in [0.3, 0.4) is 0 Å².